The second-order valence-corrected chi connectivity index (χ2v) is 3.65. The molecule has 0 aliphatic heterocycles. The highest BCUT2D eigenvalue weighted by atomic mass is 19.1. The Hall–Kier alpha value is -1.75. The van der Waals surface area contributed by atoms with Gasteiger partial charge in [-0.2, -0.15) is 4.98 Å². The van der Waals surface area contributed by atoms with Crippen molar-refractivity contribution in [1.29, 1.82) is 0 Å². The van der Waals surface area contributed by atoms with Gasteiger partial charge in [0.25, 0.3) is 0 Å². The van der Waals surface area contributed by atoms with E-state index in [1.54, 1.807) is 18.2 Å². The molecule has 4 nitrogen and oxygen atoms in total. The van der Waals surface area contributed by atoms with E-state index < -0.39 is 0 Å². The summed E-state index contributed by atoms with van der Waals surface area (Å²) in [5.41, 5.74) is 0.561. The maximum Gasteiger partial charge on any atom is 0.231 e. The molecule has 90 valence electrons. The Morgan fingerprint density at radius 3 is 2.94 bits per heavy atom. The molecule has 0 saturated carbocycles. The van der Waals surface area contributed by atoms with Crippen LogP contribution >= 0.6 is 0 Å². The smallest absolute Gasteiger partial charge is 0.231 e. The predicted molar refractivity (Wildman–Crippen MR) is 60.9 cm³/mol. The van der Waals surface area contributed by atoms with Crippen LogP contribution in [0, 0.1) is 5.82 Å². The number of hydrogen-bond acceptors (Lipinski definition) is 4. The standard InChI is InChI=1S/C12H14FN3O/c1-2-14-8-11-15-12(17-16-11)7-9-5-3-4-6-10(9)13/h3-6,14H,2,7-8H2,1H3. The zero-order valence-electron chi connectivity index (χ0n) is 9.61. The fraction of sp³-hybridized carbons (Fsp3) is 0.333. The van der Waals surface area contributed by atoms with Crippen LogP contribution in [0.5, 0.6) is 0 Å². The molecule has 1 N–H and O–H groups in total. The summed E-state index contributed by atoms with van der Waals surface area (Å²) in [6.07, 6.45) is 0.325. The monoisotopic (exact) mass is 235 g/mol. The van der Waals surface area contributed by atoms with Gasteiger partial charge in [0.15, 0.2) is 5.82 Å². The van der Waals surface area contributed by atoms with Crippen LogP contribution in [0.25, 0.3) is 0 Å². The summed E-state index contributed by atoms with van der Waals surface area (Å²) in [4.78, 5) is 4.18. The van der Waals surface area contributed by atoms with Crippen molar-refractivity contribution in [2.24, 2.45) is 0 Å². The molecule has 5 heteroatoms. The number of halogens is 1. The van der Waals surface area contributed by atoms with Crippen LogP contribution in [0.15, 0.2) is 28.8 Å². The molecule has 0 amide bonds. The Kier molecular flexibility index (Phi) is 3.82. The van der Waals surface area contributed by atoms with Crippen molar-refractivity contribution in [3.05, 3.63) is 47.4 Å². The lowest BCUT2D eigenvalue weighted by atomic mass is 10.1. The van der Waals surface area contributed by atoms with Crippen LogP contribution < -0.4 is 5.32 Å². The molecule has 0 aliphatic carbocycles. The third-order valence-corrected chi connectivity index (χ3v) is 2.34. The van der Waals surface area contributed by atoms with E-state index in [2.05, 4.69) is 15.5 Å². The maximum atomic E-state index is 13.4. The maximum absolute atomic E-state index is 13.4. The molecule has 0 fully saturated rings. The molecule has 0 spiro atoms. The van der Waals surface area contributed by atoms with Gasteiger partial charge in [-0.1, -0.05) is 30.3 Å². The lowest BCUT2D eigenvalue weighted by molar-refractivity contribution is 0.376. The van der Waals surface area contributed by atoms with E-state index in [-0.39, 0.29) is 5.82 Å². The number of aromatic nitrogens is 2. The second-order valence-electron chi connectivity index (χ2n) is 3.65. The molecule has 1 heterocycles. The zero-order valence-corrected chi connectivity index (χ0v) is 9.61. The van der Waals surface area contributed by atoms with Gasteiger partial charge in [-0.3, -0.25) is 0 Å². The van der Waals surface area contributed by atoms with Crippen molar-refractivity contribution < 1.29 is 8.91 Å². The van der Waals surface area contributed by atoms with Gasteiger partial charge in [-0.05, 0) is 18.2 Å². The lowest BCUT2D eigenvalue weighted by Crippen LogP contribution is -2.12. The van der Waals surface area contributed by atoms with Crippen molar-refractivity contribution >= 4 is 0 Å². The van der Waals surface area contributed by atoms with Crippen molar-refractivity contribution in [2.75, 3.05) is 6.54 Å². The van der Waals surface area contributed by atoms with Crippen LogP contribution in [-0.4, -0.2) is 16.7 Å². The van der Waals surface area contributed by atoms with Crippen molar-refractivity contribution in [2.45, 2.75) is 19.9 Å². The third-order valence-electron chi connectivity index (χ3n) is 2.34. The van der Waals surface area contributed by atoms with E-state index in [9.17, 15) is 4.39 Å². The van der Waals surface area contributed by atoms with E-state index in [1.165, 1.54) is 6.07 Å². The van der Waals surface area contributed by atoms with Gasteiger partial charge in [0.1, 0.15) is 5.82 Å². The van der Waals surface area contributed by atoms with E-state index in [4.69, 9.17) is 4.52 Å². The topological polar surface area (TPSA) is 51.0 Å². The molecule has 0 bridgehead atoms. The van der Waals surface area contributed by atoms with Crippen molar-refractivity contribution in [1.82, 2.24) is 15.5 Å². The van der Waals surface area contributed by atoms with Crippen LogP contribution in [0.4, 0.5) is 4.39 Å². The Morgan fingerprint density at radius 2 is 2.18 bits per heavy atom. The van der Waals surface area contributed by atoms with Gasteiger partial charge in [0.05, 0.1) is 13.0 Å². The molecule has 2 aromatic rings. The second kappa shape index (κ2) is 5.54. The molecule has 0 saturated heterocycles. The average molecular weight is 235 g/mol. The summed E-state index contributed by atoms with van der Waals surface area (Å²) < 4.78 is 18.4. The first-order valence-electron chi connectivity index (χ1n) is 5.55. The molecule has 0 unspecified atom stereocenters. The summed E-state index contributed by atoms with van der Waals surface area (Å²) in [5.74, 6) is 0.778. The van der Waals surface area contributed by atoms with Gasteiger partial charge in [-0.25, -0.2) is 4.39 Å². The first-order valence-corrected chi connectivity index (χ1v) is 5.55. The third kappa shape index (κ3) is 3.10. The summed E-state index contributed by atoms with van der Waals surface area (Å²) in [7, 11) is 0. The molecule has 0 radical (unpaired) electrons. The minimum atomic E-state index is -0.251. The van der Waals surface area contributed by atoms with E-state index in [0.717, 1.165) is 6.54 Å². The van der Waals surface area contributed by atoms with Gasteiger partial charge in [0, 0.05) is 0 Å². The van der Waals surface area contributed by atoms with Gasteiger partial charge in [0.2, 0.25) is 5.89 Å². The van der Waals surface area contributed by atoms with Gasteiger partial charge in [-0.15, -0.1) is 0 Å². The first kappa shape index (κ1) is 11.7. The molecule has 17 heavy (non-hydrogen) atoms. The largest absolute Gasteiger partial charge is 0.339 e. The SMILES string of the molecule is CCNCc1noc(Cc2ccccc2F)n1. The lowest BCUT2D eigenvalue weighted by Gasteiger charge is -1.97. The first-order chi connectivity index (χ1) is 8.29. The van der Waals surface area contributed by atoms with E-state index in [0.29, 0.717) is 30.2 Å². The Morgan fingerprint density at radius 1 is 1.35 bits per heavy atom. The fourth-order valence-corrected chi connectivity index (χ4v) is 1.48. The van der Waals surface area contributed by atoms with E-state index in [1.807, 2.05) is 6.92 Å². The van der Waals surface area contributed by atoms with Crippen LogP contribution in [0.3, 0.4) is 0 Å². The number of nitrogens with one attached hydrogen (secondary N) is 1. The predicted octanol–water partition coefficient (Wildman–Crippen LogP) is 1.91. The summed E-state index contributed by atoms with van der Waals surface area (Å²) in [6.45, 7) is 3.41. The van der Waals surface area contributed by atoms with Gasteiger partial charge >= 0.3 is 0 Å². The Balaban J connectivity index is 2.04. The zero-order chi connectivity index (χ0) is 12.1. The molecule has 2 rings (SSSR count). The van der Waals surface area contributed by atoms with Crippen LogP contribution in [0.1, 0.15) is 24.2 Å². The Bertz CT molecular complexity index is 484. The minimum absolute atomic E-state index is 0.251. The minimum Gasteiger partial charge on any atom is -0.339 e. The quantitative estimate of drug-likeness (QED) is 0.860. The summed E-state index contributed by atoms with van der Waals surface area (Å²) in [5, 5.41) is 6.90. The van der Waals surface area contributed by atoms with Crippen LogP contribution in [0.2, 0.25) is 0 Å². The fourth-order valence-electron chi connectivity index (χ4n) is 1.48. The molecule has 1 aromatic carbocycles. The highest BCUT2D eigenvalue weighted by molar-refractivity contribution is 5.20. The average Bonchev–Trinajstić information content (AvgIpc) is 2.77. The highest BCUT2D eigenvalue weighted by Gasteiger charge is 2.09. The normalized spacial score (nSPS) is 10.7. The number of benzene rings is 1. The molecule has 0 atom stereocenters. The molecule has 0 aliphatic rings. The van der Waals surface area contributed by atoms with Crippen molar-refractivity contribution in [3.63, 3.8) is 0 Å². The summed E-state index contributed by atoms with van der Waals surface area (Å²) in [6, 6.07) is 6.58. The van der Waals surface area contributed by atoms with Crippen LogP contribution in [-0.2, 0) is 13.0 Å². The molecular formula is C12H14FN3O. The number of rotatable bonds is 5. The highest BCUT2D eigenvalue weighted by Crippen LogP contribution is 2.11. The summed E-state index contributed by atoms with van der Waals surface area (Å²) >= 11 is 0. The molecular weight excluding hydrogens is 221 g/mol. The Labute approximate surface area is 98.8 Å². The van der Waals surface area contributed by atoms with E-state index >= 15 is 0 Å². The number of nitrogens with zero attached hydrogens (tertiary/aromatic N) is 2. The molecule has 1 aromatic heterocycles. The van der Waals surface area contributed by atoms with Gasteiger partial charge < -0.3 is 9.84 Å². The van der Waals surface area contributed by atoms with Crippen molar-refractivity contribution in [3.8, 4) is 0 Å². The number of hydrogen-bond donors (Lipinski definition) is 1.